The first-order valence-electron chi connectivity index (χ1n) is 9.43. The van der Waals surface area contributed by atoms with Gasteiger partial charge in [0.25, 0.3) is 0 Å². The Morgan fingerprint density at radius 2 is 1.70 bits per heavy atom. The van der Waals surface area contributed by atoms with E-state index in [0.717, 1.165) is 37.7 Å². The molecule has 2 aromatic rings. The zero-order valence-corrected chi connectivity index (χ0v) is 16.2. The molecule has 2 aromatic carbocycles. The number of phenolic OH excluding ortho intramolecular Hbond substituents is 2. The number of carbonyl (C=O) groups is 1. The summed E-state index contributed by atoms with van der Waals surface area (Å²) in [4.78, 5) is 12.7. The first-order valence-corrected chi connectivity index (χ1v) is 9.43. The van der Waals surface area contributed by atoms with Crippen LogP contribution in [0.25, 0.3) is 0 Å². The molecule has 5 heteroatoms. The second-order valence-corrected chi connectivity index (χ2v) is 6.61. The van der Waals surface area contributed by atoms with Crippen LogP contribution in [-0.2, 0) is 12.8 Å². The number of methoxy groups -OCH3 is 1. The minimum atomic E-state index is -0.649. The van der Waals surface area contributed by atoms with Gasteiger partial charge < -0.3 is 19.7 Å². The van der Waals surface area contributed by atoms with E-state index in [0.29, 0.717) is 17.7 Å². The Morgan fingerprint density at radius 3 is 2.37 bits per heavy atom. The number of phenols is 2. The fourth-order valence-corrected chi connectivity index (χ4v) is 3.06. The molecule has 0 amide bonds. The number of aromatic hydroxyl groups is 2. The van der Waals surface area contributed by atoms with Crippen LogP contribution in [0.1, 0.15) is 61.0 Å². The van der Waals surface area contributed by atoms with Crippen molar-refractivity contribution in [1.82, 2.24) is 0 Å². The molecule has 0 aliphatic rings. The maximum Gasteiger partial charge on any atom is 0.347 e. The fourth-order valence-electron chi connectivity index (χ4n) is 3.06. The lowest BCUT2D eigenvalue weighted by Gasteiger charge is -2.13. The Balaban J connectivity index is 2.26. The van der Waals surface area contributed by atoms with Crippen LogP contribution in [0.3, 0.4) is 0 Å². The van der Waals surface area contributed by atoms with Crippen LogP contribution in [0, 0.1) is 0 Å². The van der Waals surface area contributed by atoms with Crippen LogP contribution in [0.15, 0.2) is 30.3 Å². The fraction of sp³-hybridized carbons (Fsp3) is 0.409. The van der Waals surface area contributed by atoms with E-state index in [1.165, 1.54) is 19.2 Å². The van der Waals surface area contributed by atoms with Crippen LogP contribution < -0.4 is 9.47 Å². The number of aryl methyl sites for hydroxylation is 2. The van der Waals surface area contributed by atoms with Crippen LogP contribution >= 0.6 is 0 Å². The number of ether oxygens (including phenoxy) is 2. The monoisotopic (exact) mass is 372 g/mol. The van der Waals surface area contributed by atoms with Gasteiger partial charge in [0.05, 0.1) is 7.11 Å². The molecule has 0 radical (unpaired) electrons. The van der Waals surface area contributed by atoms with Gasteiger partial charge in [0.15, 0.2) is 0 Å². The summed E-state index contributed by atoms with van der Waals surface area (Å²) in [5.41, 5.74) is 1.72. The highest BCUT2D eigenvalue weighted by Crippen LogP contribution is 2.31. The number of hydrogen-bond acceptors (Lipinski definition) is 5. The van der Waals surface area contributed by atoms with E-state index >= 15 is 0 Å². The van der Waals surface area contributed by atoms with E-state index in [4.69, 9.17) is 9.47 Å². The Labute approximate surface area is 160 Å². The standard InChI is InChI=1S/C22H28O5/c1-4-6-7-9-15-10-17(23)13-19(11-15)27-22(25)21-16(8-5-2)12-18(26-3)14-20(21)24/h10-14,23-24H,4-9H2,1-3H3. The van der Waals surface area contributed by atoms with Crippen molar-refractivity contribution in [3.63, 3.8) is 0 Å². The summed E-state index contributed by atoms with van der Waals surface area (Å²) in [6, 6.07) is 7.97. The van der Waals surface area contributed by atoms with E-state index < -0.39 is 5.97 Å². The van der Waals surface area contributed by atoms with E-state index in [1.54, 1.807) is 18.2 Å². The highest BCUT2D eigenvalue weighted by atomic mass is 16.5. The molecular weight excluding hydrogens is 344 g/mol. The lowest BCUT2D eigenvalue weighted by atomic mass is 10.0. The van der Waals surface area contributed by atoms with Gasteiger partial charge in [0, 0.05) is 12.1 Å². The summed E-state index contributed by atoms with van der Waals surface area (Å²) in [5.74, 6) is -0.0124. The predicted molar refractivity (Wildman–Crippen MR) is 105 cm³/mol. The van der Waals surface area contributed by atoms with E-state index in [9.17, 15) is 15.0 Å². The summed E-state index contributed by atoms with van der Waals surface area (Å²) in [7, 11) is 1.51. The van der Waals surface area contributed by atoms with E-state index in [2.05, 4.69) is 6.92 Å². The smallest absolute Gasteiger partial charge is 0.347 e. The molecule has 0 saturated carbocycles. The van der Waals surface area contributed by atoms with Crippen molar-refractivity contribution in [2.45, 2.75) is 52.4 Å². The van der Waals surface area contributed by atoms with Gasteiger partial charge >= 0.3 is 5.97 Å². The summed E-state index contributed by atoms with van der Waals surface area (Å²) >= 11 is 0. The van der Waals surface area contributed by atoms with Crippen molar-refractivity contribution in [1.29, 1.82) is 0 Å². The molecule has 0 heterocycles. The zero-order chi connectivity index (χ0) is 19.8. The number of hydrogen-bond donors (Lipinski definition) is 2. The van der Waals surface area contributed by atoms with Gasteiger partial charge in [-0.3, -0.25) is 0 Å². The third kappa shape index (κ3) is 5.64. The molecule has 146 valence electrons. The lowest BCUT2D eigenvalue weighted by molar-refractivity contribution is 0.0730. The zero-order valence-electron chi connectivity index (χ0n) is 16.2. The summed E-state index contributed by atoms with van der Waals surface area (Å²) in [5, 5.41) is 20.2. The molecule has 2 rings (SSSR count). The van der Waals surface area contributed by atoms with Crippen LogP contribution in [-0.4, -0.2) is 23.3 Å². The second-order valence-electron chi connectivity index (χ2n) is 6.61. The average molecular weight is 372 g/mol. The largest absolute Gasteiger partial charge is 0.508 e. The third-order valence-corrected chi connectivity index (χ3v) is 4.36. The molecule has 5 nitrogen and oxygen atoms in total. The minimum absolute atomic E-state index is 0.0551. The van der Waals surface area contributed by atoms with Crippen molar-refractivity contribution in [2.24, 2.45) is 0 Å². The minimum Gasteiger partial charge on any atom is -0.508 e. The summed E-state index contributed by atoms with van der Waals surface area (Å²) in [6.07, 6.45) is 5.44. The molecule has 0 unspecified atom stereocenters. The molecule has 0 spiro atoms. The van der Waals surface area contributed by atoms with Crippen LogP contribution in [0.5, 0.6) is 23.0 Å². The quantitative estimate of drug-likeness (QED) is 0.368. The van der Waals surface area contributed by atoms with Crippen LogP contribution in [0.4, 0.5) is 0 Å². The van der Waals surface area contributed by atoms with Crippen molar-refractivity contribution < 1.29 is 24.5 Å². The van der Waals surface area contributed by atoms with Gasteiger partial charge in [-0.2, -0.15) is 0 Å². The van der Waals surface area contributed by atoms with Gasteiger partial charge in [-0.25, -0.2) is 4.79 Å². The maximum atomic E-state index is 12.7. The maximum absolute atomic E-state index is 12.7. The Bertz CT molecular complexity index is 783. The molecule has 0 atom stereocenters. The van der Waals surface area contributed by atoms with Crippen molar-refractivity contribution in [2.75, 3.05) is 7.11 Å². The molecule has 0 aromatic heterocycles. The molecule has 0 fully saturated rings. The molecule has 0 aliphatic heterocycles. The molecular formula is C22H28O5. The average Bonchev–Trinajstić information content (AvgIpc) is 2.61. The Kier molecular flexibility index (Phi) is 7.53. The summed E-state index contributed by atoms with van der Waals surface area (Å²) < 4.78 is 10.6. The highest BCUT2D eigenvalue weighted by Gasteiger charge is 2.20. The predicted octanol–water partition coefficient (Wildman–Crippen LogP) is 5.01. The number of rotatable bonds is 9. The highest BCUT2D eigenvalue weighted by molar-refractivity contribution is 5.96. The summed E-state index contributed by atoms with van der Waals surface area (Å²) in [6.45, 7) is 4.12. The van der Waals surface area contributed by atoms with Crippen molar-refractivity contribution >= 4 is 5.97 Å². The first kappa shape index (κ1) is 20.6. The van der Waals surface area contributed by atoms with Crippen molar-refractivity contribution in [3.8, 4) is 23.0 Å². The molecule has 0 aliphatic carbocycles. The topological polar surface area (TPSA) is 76.0 Å². The molecule has 0 saturated heterocycles. The number of unbranched alkanes of at least 4 members (excludes halogenated alkanes) is 2. The Morgan fingerprint density at radius 1 is 0.926 bits per heavy atom. The first-order chi connectivity index (χ1) is 13.0. The normalized spacial score (nSPS) is 10.6. The number of benzene rings is 2. The molecule has 27 heavy (non-hydrogen) atoms. The SMILES string of the molecule is CCCCCc1cc(O)cc(OC(=O)c2c(O)cc(OC)cc2CCC)c1. The number of carbonyl (C=O) groups excluding carboxylic acids is 1. The second kappa shape index (κ2) is 9.86. The van der Waals surface area contributed by atoms with Gasteiger partial charge in [-0.05, 0) is 48.6 Å². The van der Waals surface area contributed by atoms with Crippen LogP contribution in [0.2, 0.25) is 0 Å². The van der Waals surface area contributed by atoms with Crippen molar-refractivity contribution in [3.05, 3.63) is 47.0 Å². The van der Waals surface area contributed by atoms with Gasteiger partial charge in [-0.1, -0.05) is 33.1 Å². The third-order valence-electron chi connectivity index (χ3n) is 4.36. The van der Waals surface area contributed by atoms with Gasteiger partial charge in [0.1, 0.15) is 28.6 Å². The number of esters is 1. The molecule has 0 bridgehead atoms. The van der Waals surface area contributed by atoms with Gasteiger partial charge in [-0.15, -0.1) is 0 Å². The lowest BCUT2D eigenvalue weighted by Crippen LogP contribution is -2.12. The molecule has 2 N–H and O–H groups in total. The van der Waals surface area contributed by atoms with E-state index in [1.807, 2.05) is 6.92 Å². The van der Waals surface area contributed by atoms with Gasteiger partial charge in [0.2, 0.25) is 0 Å². The Hall–Kier alpha value is -2.69. The van der Waals surface area contributed by atoms with E-state index in [-0.39, 0.29) is 22.8 Å².